The highest BCUT2D eigenvalue weighted by Gasteiger charge is 2.02. The van der Waals surface area contributed by atoms with E-state index in [9.17, 15) is 0 Å². The van der Waals surface area contributed by atoms with E-state index in [0.29, 0.717) is 22.3 Å². The lowest BCUT2D eigenvalue weighted by Gasteiger charge is -2.03. The topological polar surface area (TPSA) is 65.2 Å². The molecular weight excluding hydrogens is 242 g/mol. The van der Waals surface area contributed by atoms with Crippen LogP contribution in [0.15, 0.2) is 36.4 Å². The summed E-state index contributed by atoms with van der Waals surface area (Å²) in [5, 5.41) is 15.6. The van der Waals surface area contributed by atoms with Crippen molar-refractivity contribution in [1.29, 1.82) is 0 Å². The van der Waals surface area contributed by atoms with Gasteiger partial charge in [-0.1, -0.05) is 11.6 Å². The molecule has 0 bridgehead atoms. The van der Waals surface area contributed by atoms with Gasteiger partial charge in [-0.15, -0.1) is 14.8 Å². The van der Waals surface area contributed by atoms with Gasteiger partial charge < -0.3 is 4.74 Å². The molecule has 1 aromatic carbocycles. The van der Waals surface area contributed by atoms with Crippen LogP contribution in [-0.2, 0) is 0 Å². The van der Waals surface area contributed by atoms with Gasteiger partial charge in [-0.25, -0.2) is 0 Å². The zero-order chi connectivity index (χ0) is 11.7. The van der Waals surface area contributed by atoms with E-state index in [1.165, 1.54) is 4.63 Å². The van der Waals surface area contributed by atoms with Crippen LogP contribution in [0.3, 0.4) is 0 Å². The molecule has 0 amide bonds. The first kappa shape index (κ1) is 9.98. The molecule has 0 aliphatic heterocycles. The number of benzene rings is 1. The van der Waals surface area contributed by atoms with Crippen molar-refractivity contribution in [1.82, 2.24) is 25.3 Å². The zero-order valence-electron chi connectivity index (χ0n) is 8.49. The summed E-state index contributed by atoms with van der Waals surface area (Å²) in [6.07, 6.45) is 0. The lowest BCUT2D eigenvalue weighted by atomic mass is 10.3. The van der Waals surface area contributed by atoms with Gasteiger partial charge in [0.2, 0.25) is 5.88 Å². The highest BCUT2D eigenvalue weighted by molar-refractivity contribution is 6.30. The summed E-state index contributed by atoms with van der Waals surface area (Å²) in [5.74, 6) is 1.06. The van der Waals surface area contributed by atoms with Crippen LogP contribution in [0.4, 0.5) is 0 Å². The average molecular weight is 248 g/mol. The van der Waals surface area contributed by atoms with Crippen molar-refractivity contribution >= 4 is 17.2 Å². The third kappa shape index (κ3) is 2.02. The van der Waals surface area contributed by atoms with Gasteiger partial charge in [-0.3, -0.25) is 0 Å². The molecule has 3 aromatic rings. The zero-order valence-corrected chi connectivity index (χ0v) is 9.24. The highest BCUT2D eigenvalue weighted by Crippen LogP contribution is 2.21. The smallest absolute Gasteiger partial charge is 0.239 e. The lowest BCUT2D eigenvalue weighted by molar-refractivity contribution is 0.447. The number of hydrogen-bond donors (Lipinski definition) is 0. The van der Waals surface area contributed by atoms with Crippen LogP contribution >= 0.6 is 11.6 Å². The third-order valence-corrected chi connectivity index (χ3v) is 2.33. The van der Waals surface area contributed by atoms with E-state index < -0.39 is 0 Å². The van der Waals surface area contributed by atoms with E-state index in [0.717, 1.165) is 0 Å². The number of tetrazole rings is 1. The molecule has 0 saturated heterocycles. The number of halogens is 1. The van der Waals surface area contributed by atoms with E-state index in [2.05, 4.69) is 20.6 Å². The number of rotatable bonds is 2. The minimum absolute atomic E-state index is 0.409. The quantitative estimate of drug-likeness (QED) is 0.693. The highest BCUT2D eigenvalue weighted by atomic mass is 35.5. The first-order valence-electron chi connectivity index (χ1n) is 4.80. The molecule has 17 heavy (non-hydrogen) atoms. The van der Waals surface area contributed by atoms with Crippen LogP contribution < -0.4 is 4.74 Å². The fourth-order valence-corrected chi connectivity index (χ4v) is 1.44. The molecule has 3 rings (SSSR count). The first-order valence-corrected chi connectivity index (χ1v) is 5.18. The van der Waals surface area contributed by atoms with Crippen LogP contribution in [0.5, 0.6) is 11.6 Å². The van der Waals surface area contributed by atoms with Gasteiger partial charge >= 0.3 is 0 Å². The van der Waals surface area contributed by atoms with Crippen molar-refractivity contribution in [3.05, 3.63) is 41.4 Å². The predicted octanol–water partition coefficient (Wildman–Crippen LogP) is 1.96. The molecule has 84 valence electrons. The fourth-order valence-electron chi connectivity index (χ4n) is 1.31. The van der Waals surface area contributed by atoms with Crippen molar-refractivity contribution in [3.8, 4) is 11.6 Å². The minimum atomic E-state index is 0.409. The Morgan fingerprint density at radius 1 is 1.06 bits per heavy atom. The van der Waals surface area contributed by atoms with Crippen LogP contribution in [0.2, 0.25) is 5.02 Å². The van der Waals surface area contributed by atoms with Crippen LogP contribution in [0.25, 0.3) is 5.65 Å². The minimum Gasteiger partial charge on any atom is -0.438 e. The lowest BCUT2D eigenvalue weighted by Crippen LogP contribution is -1.96. The summed E-state index contributed by atoms with van der Waals surface area (Å²) < 4.78 is 6.82. The summed E-state index contributed by atoms with van der Waals surface area (Å²) in [5.41, 5.74) is 0.563. The van der Waals surface area contributed by atoms with E-state index in [4.69, 9.17) is 16.3 Å². The van der Waals surface area contributed by atoms with E-state index in [-0.39, 0.29) is 0 Å². The monoisotopic (exact) mass is 247 g/mol. The molecule has 0 atom stereocenters. The van der Waals surface area contributed by atoms with Crippen LogP contribution in [0.1, 0.15) is 0 Å². The Balaban J connectivity index is 1.91. The largest absolute Gasteiger partial charge is 0.438 e. The molecule has 0 N–H and O–H groups in total. The van der Waals surface area contributed by atoms with Crippen LogP contribution in [0, 0.1) is 0 Å². The molecule has 7 heteroatoms. The van der Waals surface area contributed by atoms with Gasteiger partial charge in [0.15, 0.2) is 5.65 Å². The Hall–Kier alpha value is -2.21. The SMILES string of the molecule is Clc1ccc(Oc2ccc3nnnn3n2)cc1. The van der Waals surface area contributed by atoms with Crippen molar-refractivity contribution in [2.24, 2.45) is 0 Å². The first-order chi connectivity index (χ1) is 8.31. The maximum absolute atomic E-state index is 5.78. The molecule has 0 aliphatic rings. The Morgan fingerprint density at radius 2 is 1.88 bits per heavy atom. The van der Waals surface area contributed by atoms with Gasteiger partial charge in [-0.05, 0) is 40.8 Å². The molecule has 0 saturated carbocycles. The standard InChI is InChI=1S/C10H6ClN5O/c11-7-1-3-8(4-2-7)17-10-6-5-9-12-14-15-16(9)13-10/h1-6H. The summed E-state index contributed by atoms with van der Waals surface area (Å²) in [7, 11) is 0. The maximum atomic E-state index is 5.78. The Morgan fingerprint density at radius 3 is 2.71 bits per heavy atom. The summed E-state index contributed by atoms with van der Waals surface area (Å²) >= 11 is 5.78. The maximum Gasteiger partial charge on any atom is 0.239 e. The molecule has 0 spiro atoms. The summed E-state index contributed by atoms with van der Waals surface area (Å²) in [6, 6.07) is 10.4. The summed E-state index contributed by atoms with van der Waals surface area (Å²) in [4.78, 5) is 0. The Kier molecular flexibility index (Phi) is 2.34. The average Bonchev–Trinajstić information content (AvgIpc) is 2.79. The third-order valence-electron chi connectivity index (χ3n) is 2.08. The molecule has 0 fully saturated rings. The fraction of sp³-hybridized carbons (Fsp3) is 0. The predicted molar refractivity (Wildman–Crippen MR) is 60.1 cm³/mol. The molecule has 2 heterocycles. The number of aromatic nitrogens is 5. The second-order valence-corrected chi connectivity index (χ2v) is 3.69. The van der Waals surface area contributed by atoms with Gasteiger partial charge in [0, 0.05) is 11.1 Å². The van der Waals surface area contributed by atoms with E-state index in [1.54, 1.807) is 36.4 Å². The Labute approximate surface area is 101 Å². The van der Waals surface area contributed by atoms with Crippen molar-refractivity contribution < 1.29 is 4.74 Å². The number of hydrogen-bond acceptors (Lipinski definition) is 5. The van der Waals surface area contributed by atoms with Crippen LogP contribution in [-0.4, -0.2) is 25.3 Å². The summed E-state index contributed by atoms with van der Waals surface area (Å²) in [6.45, 7) is 0. The van der Waals surface area contributed by atoms with E-state index >= 15 is 0 Å². The van der Waals surface area contributed by atoms with Crippen molar-refractivity contribution in [2.75, 3.05) is 0 Å². The molecule has 6 nitrogen and oxygen atoms in total. The van der Waals surface area contributed by atoms with Gasteiger partial charge in [0.25, 0.3) is 0 Å². The molecule has 0 unspecified atom stereocenters. The molecule has 2 aromatic heterocycles. The van der Waals surface area contributed by atoms with Gasteiger partial charge in [-0.2, -0.15) is 0 Å². The molecule has 0 radical (unpaired) electrons. The van der Waals surface area contributed by atoms with E-state index in [1.807, 2.05) is 0 Å². The number of ether oxygens (including phenoxy) is 1. The van der Waals surface area contributed by atoms with Crippen molar-refractivity contribution in [2.45, 2.75) is 0 Å². The van der Waals surface area contributed by atoms with Crippen molar-refractivity contribution in [3.63, 3.8) is 0 Å². The second-order valence-electron chi connectivity index (χ2n) is 3.25. The van der Waals surface area contributed by atoms with Gasteiger partial charge in [0.05, 0.1) is 0 Å². The number of nitrogens with zero attached hydrogens (tertiary/aromatic N) is 5. The normalized spacial score (nSPS) is 10.6. The second kappa shape index (κ2) is 3.99. The Bertz CT molecular complexity index is 651. The molecular formula is C10H6ClN5O. The number of fused-ring (bicyclic) bond motifs is 1. The molecule has 0 aliphatic carbocycles. The van der Waals surface area contributed by atoms with Gasteiger partial charge in [0.1, 0.15) is 5.75 Å².